The van der Waals surface area contributed by atoms with E-state index >= 15 is 0 Å². The van der Waals surface area contributed by atoms with Crippen LogP contribution in [0.15, 0.2) is 35.2 Å². The number of benzene rings is 1. The molecular weight excluding hydrogens is 300 g/mol. The summed E-state index contributed by atoms with van der Waals surface area (Å²) in [6.07, 6.45) is 3.52. The van der Waals surface area contributed by atoms with E-state index in [-0.39, 0.29) is 12.5 Å². The van der Waals surface area contributed by atoms with Gasteiger partial charge in [0.2, 0.25) is 5.91 Å². The number of thioether (sulfide) groups is 1. The predicted molar refractivity (Wildman–Crippen MR) is 87.0 cm³/mol. The molecule has 0 radical (unpaired) electrons. The zero-order valence-corrected chi connectivity index (χ0v) is 13.2. The van der Waals surface area contributed by atoms with E-state index in [1.54, 1.807) is 6.08 Å². The van der Waals surface area contributed by atoms with Gasteiger partial charge in [0.1, 0.15) is 6.54 Å². The fourth-order valence-corrected chi connectivity index (χ4v) is 2.78. The van der Waals surface area contributed by atoms with Crippen LogP contribution in [0.1, 0.15) is 25.3 Å². The Hall–Kier alpha value is -2.08. The molecule has 0 bridgehead atoms. The number of imide groups is 1. The minimum atomic E-state index is -0.413. The van der Waals surface area contributed by atoms with Gasteiger partial charge in [0.25, 0.3) is 11.1 Å². The van der Waals surface area contributed by atoms with Crippen LogP contribution >= 0.6 is 11.8 Å². The van der Waals surface area contributed by atoms with Gasteiger partial charge in [-0.05, 0) is 29.8 Å². The summed E-state index contributed by atoms with van der Waals surface area (Å²) in [5.74, 6) is -0.721. The first-order valence-electron chi connectivity index (χ1n) is 7.19. The van der Waals surface area contributed by atoms with E-state index in [4.69, 9.17) is 0 Å². The molecule has 1 aliphatic rings. The molecule has 1 heterocycles. The molecule has 5 nitrogen and oxygen atoms in total. The van der Waals surface area contributed by atoms with Crippen molar-refractivity contribution in [1.82, 2.24) is 10.2 Å². The van der Waals surface area contributed by atoms with Crippen LogP contribution in [0.2, 0.25) is 0 Å². The molecule has 1 N–H and O–H groups in total. The molecule has 1 aromatic carbocycles. The van der Waals surface area contributed by atoms with Gasteiger partial charge in [-0.15, -0.1) is 0 Å². The molecule has 1 aliphatic heterocycles. The Bertz CT molecular complexity index is 599. The molecule has 1 fully saturated rings. The minimum absolute atomic E-state index is 0.222. The molecule has 1 aromatic rings. The smallest absolute Gasteiger partial charge is 0.294 e. The fourth-order valence-electron chi connectivity index (χ4n) is 1.94. The summed E-state index contributed by atoms with van der Waals surface area (Å²) in [5, 5.41) is 2.30. The average molecular weight is 318 g/mol. The third kappa shape index (κ3) is 4.21. The molecule has 1 saturated heterocycles. The average Bonchev–Trinajstić information content (AvgIpc) is 2.76. The third-order valence-corrected chi connectivity index (χ3v) is 4.03. The maximum absolute atomic E-state index is 12.2. The first-order chi connectivity index (χ1) is 10.6. The van der Waals surface area contributed by atoms with Crippen molar-refractivity contribution >= 4 is 34.9 Å². The number of rotatable bonds is 6. The first kappa shape index (κ1) is 16.3. The van der Waals surface area contributed by atoms with E-state index in [0.717, 1.165) is 35.1 Å². The van der Waals surface area contributed by atoms with Crippen molar-refractivity contribution in [2.45, 2.75) is 19.8 Å². The quantitative estimate of drug-likeness (QED) is 0.647. The normalized spacial score (nSPS) is 16.4. The van der Waals surface area contributed by atoms with Crippen LogP contribution in [0.4, 0.5) is 4.79 Å². The third-order valence-electron chi connectivity index (χ3n) is 3.13. The van der Waals surface area contributed by atoms with Crippen LogP contribution in [-0.2, 0) is 9.59 Å². The van der Waals surface area contributed by atoms with Crippen molar-refractivity contribution in [2.75, 3.05) is 13.1 Å². The lowest BCUT2D eigenvalue weighted by Gasteiger charge is -2.12. The standard InChI is InChI=1S/C16H18N2O3S/c1-2-3-9-17-14(19)11-18-15(20)13(22-16(18)21)10-12-7-5-4-6-8-12/h4-8,10H,2-3,9,11H2,1H3,(H,17,19)/b13-10+. The molecular formula is C16H18N2O3S. The Labute approximate surface area is 133 Å². The highest BCUT2D eigenvalue weighted by Crippen LogP contribution is 2.31. The summed E-state index contributed by atoms with van der Waals surface area (Å²) in [7, 11) is 0. The SMILES string of the molecule is CCCCNC(=O)CN1C(=O)S/C(=C/c2ccccc2)C1=O. The first-order valence-corrected chi connectivity index (χ1v) is 8.00. The lowest BCUT2D eigenvalue weighted by molar-refractivity contribution is -0.129. The van der Waals surface area contributed by atoms with E-state index in [9.17, 15) is 14.4 Å². The van der Waals surface area contributed by atoms with Crippen LogP contribution in [0.3, 0.4) is 0 Å². The summed E-state index contributed by atoms with van der Waals surface area (Å²) in [6, 6.07) is 9.30. The summed E-state index contributed by atoms with van der Waals surface area (Å²) in [5.41, 5.74) is 0.848. The molecule has 0 saturated carbocycles. The zero-order chi connectivity index (χ0) is 15.9. The molecule has 116 valence electrons. The topological polar surface area (TPSA) is 66.5 Å². The number of nitrogens with one attached hydrogen (secondary N) is 1. The van der Waals surface area contributed by atoms with Crippen LogP contribution < -0.4 is 5.32 Å². The van der Waals surface area contributed by atoms with Crippen molar-refractivity contribution in [3.8, 4) is 0 Å². The number of amides is 3. The highest BCUT2D eigenvalue weighted by molar-refractivity contribution is 8.18. The van der Waals surface area contributed by atoms with Crippen molar-refractivity contribution in [3.05, 3.63) is 40.8 Å². The van der Waals surface area contributed by atoms with Crippen molar-refractivity contribution in [2.24, 2.45) is 0 Å². The Morgan fingerprint density at radius 2 is 2.00 bits per heavy atom. The molecule has 0 atom stereocenters. The van der Waals surface area contributed by atoms with Gasteiger partial charge in [0, 0.05) is 6.54 Å². The Kier molecular flexibility index (Phi) is 5.77. The number of hydrogen-bond donors (Lipinski definition) is 1. The van der Waals surface area contributed by atoms with Gasteiger partial charge in [-0.1, -0.05) is 43.7 Å². The highest BCUT2D eigenvalue weighted by Gasteiger charge is 2.36. The molecule has 22 heavy (non-hydrogen) atoms. The van der Waals surface area contributed by atoms with Crippen LogP contribution in [0, 0.1) is 0 Å². The second-order valence-corrected chi connectivity index (χ2v) is 5.88. The molecule has 0 spiro atoms. The van der Waals surface area contributed by atoms with Crippen LogP contribution in [0.5, 0.6) is 0 Å². The van der Waals surface area contributed by atoms with E-state index in [0.29, 0.717) is 11.4 Å². The van der Waals surface area contributed by atoms with Crippen LogP contribution in [0.25, 0.3) is 6.08 Å². The summed E-state index contributed by atoms with van der Waals surface area (Å²) >= 11 is 0.866. The highest BCUT2D eigenvalue weighted by atomic mass is 32.2. The van der Waals surface area contributed by atoms with E-state index in [1.165, 1.54) is 0 Å². The molecule has 3 amide bonds. The van der Waals surface area contributed by atoms with E-state index in [2.05, 4.69) is 5.32 Å². The number of unbranched alkanes of at least 4 members (excludes halogenated alkanes) is 1. The monoisotopic (exact) mass is 318 g/mol. The number of hydrogen-bond acceptors (Lipinski definition) is 4. The Morgan fingerprint density at radius 3 is 2.68 bits per heavy atom. The lowest BCUT2D eigenvalue weighted by Crippen LogP contribution is -2.39. The molecule has 0 aliphatic carbocycles. The number of carbonyl (C=O) groups excluding carboxylic acids is 3. The van der Waals surface area contributed by atoms with Gasteiger partial charge in [-0.3, -0.25) is 19.3 Å². The maximum atomic E-state index is 12.2. The zero-order valence-electron chi connectivity index (χ0n) is 12.4. The molecule has 6 heteroatoms. The second-order valence-electron chi connectivity index (χ2n) is 4.88. The van der Waals surface area contributed by atoms with Gasteiger partial charge < -0.3 is 5.32 Å². The minimum Gasteiger partial charge on any atom is -0.355 e. The van der Waals surface area contributed by atoms with Gasteiger partial charge in [-0.25, -0.2) is 0 Å². The molecule has 0 unspecified atom stereocenters. The molecule has 0 aromatic heterocycles. The van der Waals surface area contributed by atoms with E-state index in [1.807, 2.05) is 37.3 Å². The predicted octanol–water partition coefficient (Wildman–Crippen LogP) is 2.64. The molecule has 2 rings (SSSR count). The van der Waals surface area contributed by atoms with Crippen LogP contribution in [-0.4, -0.2) is 35.0 Å². The second kappa shape index (κ2) is 7.79. The summed E-state index contributed by atoms with van der Waals surface area (Å²) in [4.78, 5) is 37.2. The van der Waals surface area contributed by atoms with Gasteiger partial charge >= 0.3 is 0 Å². The lowest BCUT2D eigenvalue weighted by atomic mass is 10.2. The fraction of sp³-hybridized carbons (Fsp3) is 0.312. The summed E-state index contributed by atoms with van der Waals surface area (Å²) in [6.45, 7) is 2.36. The van der Waals surface area contributed by atoms with Gasteiger partial charge in [-0.2, -0.15) is 0 Å². The number of nitrogens with zero attached hydrogens (tertiary/aromatic N) is 1. The maximum Gasteiger partial charge on any atom is 0.294 e. The van der Waals surface area contributed by atoms with Crippen molar-refractivity contribution in [1.29, 1.82) is 0 Å². The van der Waals surface area contributed by atoms with E-state index < -0.39 is 11.1 Å². The Balaban J connectivity index is 2.00. The van der Waals surface area contributed by atoms with Gasteiger partial charge in [0.05, 0.1) is 4.91 Å². The number of carbonyl (C=O) groups is 3. The summed E-state index contributed by atoms with van der Waals surface area (Å²) < 4.78 is 0. The Morgan fingerprint density at radius 1 is 1.27 bits per heavy atom. The van der Waals surface area contributed by atoms with Crippen molar-refractivity contribution in [3.63, 3.8) is 0 Å². The largest absolute Gasteiger partial charge is 0.355 e. The van der Waals surface area contributed by atoms with Gasteiger partial charge in [0.15, 0.2) is 0 Å². The van der Waals surface area contributed by atoms with Crippen molar-refractivity contribution < 1.29 is 14.4 Å².